The predicted octanol–water partition coefficient (Wildman–Crippen LogP) is 2.41. The molecule has 26 heavy (non-hydrogen) atoms. The number of anilines is 1. The second-order valence-corrected chi connectivity index (χ2v) is 5.78. The molecule has 0 bridgehead atoms. The Labute approximate surface area is 153 Å². The Balaban J connectivity index is 1.81. The molecule has 0 aliphatic rings. The number of carbonyl (C=O) groups excluding carboxylic acids is 2. The van der Waals surface area contributed by atoms with Gasteiger partial charge in [0, 0.05) is 25.7 Å². The van der Waals surface area contributed by atoms with Gasteiger partial charge in [0.15, 0.2) is 6.61 Å². The fourth-order valence-corrected chi connectivity index (χ4v) is 2.33. The molecule has 0 atom stereocenters. The van der Waals surface area contributed by atoms with Crippen LogP contribution in [0.15, 0.2) is 48.5 Å². The maximum Gasteiger partial charge on any atom is 0.258 e. The van der Waals surface area contributed by atoms with E-state index in [4.69, 9.17) is 10.00 Å². The van der Waals surface area contributed by atoms with E-state index in [1.807, 2.05) is 37.3 Å². The summed E-state index contributed by atoms with van der Waals surface area (Å²) in [6, 6.07) is 16.2. The van der Waals surface area contributed by atoms with E-state index in [9.17, 15) is 9.59 Å². The normalized spacial score (nSPS) is 9.88. The Morgan fingerprint density at radius 2 is 1.77 bits per heavy atom. The van der Waals surface area contributed by atoms with E-state index >= 15 is 0 Å². The van der Waals surface area contributed by atoms with Gasteiger partial charge >= 0.3 is 0 Å². The molecule has 2 amide bonds. The molecule has 2 rings (SSSR count). The zero-order valence-electron chi connectivity index (χ0n) is 14.9. The monoisotopic (exact) mass is 351 g/mol. The Morgan fingerprint density at radius 3 is 2.35 bits per heavy atom. The molecule has 0 saturated carbocycles. The van der Waals surface area contributed by atoms with Gasteiger partial charge in [0.05, 0.1) is 11.6 Å². The van der Waals surface area contributed by atoms with Crippen LogP contribution >= 0.6 is 0 Å². The summed E-state index contributed by atoms with van der Waals surface area (Å²) >= 11 is 0. The van der Waals surface area contributed by atoms with Gasteiger partial charge in [-0.3, -0.25) is 9.59 Å². The van der Waals surface area contributed by atoms with Crippen LogP contribution in [0, 0.1) is 18.3 Å². The molecule has 0 aliphatic carbocycles. The third-order valence-corrected chi connectivity index (χ3v) is 3.74. The third kappa shape index (κ3) is 5.64. The van der Waals surface area contributed by atoms with Crippen molar-refractivity contribution in [2.24, 2.45) is 0 Å². The van der Waals surface area contributed by atoms with E-state index in [0.29, 0.717) is 30.1 Å². The summed E-state index contributed by atoms with van der Waals surface area (Å²) in [6.07, 6.45) is 0. The molecular formula is C20H21N3O3. The van der Waals surface area contributed by atoms with Crippen LogP contribution in [0.2, 0.25) is 0 Å². The van der Waals surface area contributed by atoms with Crippen LogP contribution < -0.4 is 15.0 Å². The van der Waals surface area contributed by atoms with Crippen molar-refractivity contribution in [2.45, 2.75) is 13.8 Å². The summed E-state index contributed by atoms with van der Waals surface area (Å²) in [4.78, 5) is 25.3. The van der Waals surface area contributed by atoms with Gasteiger partial charge in [0.1, 0.15) is 5.75 Å². The molecule has 0 radical (unpaired) electrons. The predicted molar refractivity (Wildman–Crippen MR) is 98.9 cm³/mol. The highest BCUT2D eigenvalue weighted by molar-refractivity contribution is 5.91. The Bertz CT molecular complexity index is 793. The van der Waals surface area contributed by atoms with E-state index in [0.717, 1.165) is 5.56 Å². The van der Waals surface area contributed by atoms with Crippen molar-refractivity contribution in [1.29, 1.82) is 5.26 Å². The Hall–Kier alpha value is -3.33. The SMILES string of the molecule is CC(=O)N(CCNC(=O)COc1ccc(C)cc1)c1ccc(C#N)cc1. The molecule has 0 unspecified atom stereocenters. The topological polar surface area (TPSA) is 82.4 Å². The van der Waals surface area contributed by atoms with Crippen molar-refractivity contribution in [2.75, 3.05) is 24.6 Å². The number of nitrogens with one attached hydrogen (secondary N) is 1. The summed E-state index contributed by atoms with van der Waals surface area (Å²) in [6.45, 7) is 3.98. The van der Waals surface area contributed by atoms with Gasteiger partial charge in [-0.05, 0) is 43.3 Å². The number of amides is 2. The van der Waals surface area contributed by atoms with Crippen molar-refractivity contribution in [3.8, 4) is 11.8 Å². The highest BCUT2D eigenvalue weighted by Gasteiger charge is 2.12. The van der Waals surface area contributed by atoms with Gasteiger partial charge in [-0.1, -0.05) is 17.7 Å². The zero-order valence-corrected chi connectivity index (χ0v) is 14.9. The van der Waals surface area contributed by atoms with Crippen LogP contribution in [-0.4, -0.2) is 31.5 Å². The smallest absolute Gasteiger partial charge is 0.258 e. The first-order valence-electron chi connectivity index (χ1n) is 8.24. The van der Waals surface area contributed by atoms with Crippen LogP contribution in [0.3, 0.4) is 0 Å². The molecule has 2 aromatic rings. The minimum Gasteiger partial charge on any atom is -0.484 e. The maximum atomic E-state index is 11.9. The molecule has 2 aromatic carbocycles. The van der Waals surface area contributed by atoms with Crippen molar-refractivity contribution in [1.82, 2.24) is 5.32 Å². The van der Waals surface area contributed by atoms with Crippen LogP contribution in [-0.2, 0) is 9.59 Å². The Morgan fingerprint density at radius 1 is 1.12 bits per heavy atom. The molecule has 0 aromatic heterocycles. The number of hydrogen-bond donors (Lipinski definition) is 1. The van der Waals surface area contributed by atoms with Gasteiger partial charge in [-0.25, -0.2) is 0 Å². The lowest BCUT2D eigenvalue weighted by Gasteiger charge is -2.21. The van der Waals surface area contributed by atoms with Crippen molar-refractivity contribution in [3.05, 3.63) is 59.7 Å². The van der Waals surface area contributed by atoms with E-state index in [1.165, 1.54) is 6.92 Å². The summed E-state index contributed by atoms with van der Waals surface area (Å²) < 4.78 is 5.41. The number of benzene rings is 2. The Kier molecular flexibility index (Phi) is 6.75. The highest BCUT2D eigenvalue weighted by atomic mass is 16.5. The molecule has 6 nitrogen and oxygen atoms in total. The number of nitrogens with zero attached hydrogens (tertiary/aromatic N) is 2. The second kappa shape index (κ2) is 9.23. The first-order chi connectivity index (χ1) is 12.5. The molecule has 0 spiro atoms. The number of ether oxygens (including phenoxy) is 1. The third-order valence-electron chi connectivity index (χ3n) is 3.74. The molecule has 6 heteroatoms. The summed E-state index contributed by atoms with van der Waals surface area (Å²) in [5, 5.41) is 11.6. The standard InChI is InChI=1S/C20H21N3O3/c1-15-3-9-19(10-4-15)26-14-20(25)22-11-12-23(16(2)24)18-7-5-17(13-21)6-8-18/h3-10H,11-12,14H2,1-2H3,(H,22,25). The van der Waals surface area contributed by atoms with Crippen LogP contribution in [0.5, 0.6) is 5.75 Å². The average Bonchev–Trinajstić information content (AvgIpc) is 2.64. The van der Waals surface area contributed by atoms with Gasteiger partial charge in [-0.2, -0.15) is 5.26 Å². The molecule has 0 aliphatic heterocycles. The molecule has 0 saturated heterocycles. The molecular weight excluding hydrogens is 330 g/mol. The lowest BCUT2D eigenvalue weighted by atomic mass is 10.2. The fourth-order valence-electron chi connectivity index (χ4n) is 2.33. The van der Waals surface area contributed by atoms with E-state index in [-0.39, 0.29) is 18.4 Å². The summed E-state index contributed by atoms with van der Waals surface area (Å²) in [7, 11) is 0. The quantitative estimate of drug-likeness (QED) is 0.830. The molecule has 1 N–H and O–H groups in total. The number of nitriles is 1. The number of rotatable bonds is 7. The van der Waals surface area contributed by atoms with Crippen molar-refractivity contribution in [3.63, 3.8) is 0 Å². The minimum atomic E-state index is -0.256. The number of hydrogen-bond acceptors (Lipinski definition) is 4. The summed E-state index contributed by atoms with van der Waals surface area (Å²) in [5.74, 6) is 0.238. The van der Waals surface area contributed by atoms with Crippen molar-refractivity contribution >= 4 is 17.5 Å². The van der Waals surface area contributed by atoms with Gasteiger partial charge < -0.3 is 15.0 Å². The highest BCUT2D eigenvalue weighted by Crippen LogP contribution is 2.15. The van der Waals surface area contributed by atoms with E-state index in [1.54, 1.807) is 29.2 Å². The second-order valence-electron chi connectivity index (χ2n) is 5.78. The van der Waals surface area contributed by atoms with Gasteiger partial charge in [0.25, 0.3) is 5.91 Å². The van der Waals surface area contributed by atoms with E-state index in [2.05, 4.69) is 5.32 Å². The first-order valence-corrected chi connectivity index (χ1v) is 8.24. The zero-order chi connectivity index (χ0) is 18.9. The summed E-state index contributed by atoms with van der Waals surface area (Å²) in [5.41, 5.74) is 2.33. The van der Waals surface area contributed by atoms with Gasteiger partial charge in [0.2, 0.25) is 5.91 Å². The van der Waals surface area contributed by atoms with Crippen molar-refractivity contribution < 1.29 is 14.3 Å². The molecule has 0 heterocycles. The van der Waals surface area contributed by atoms with E-state index < -0.39 is 0 Å². The first kappa shape index (κ1) is 19.0. The number of aryl methyl sites for hydroxylation is 1. The van der Waals surface area contributed by atoms with Crippen LogP contribution in [0.25, 0.3) is 0 Å². The average molecular weight is 351 g/mol. The largest absolute Gasteiger partial charge is 0.484 e. The minimum absolute atomic E-state index is 0.0833. The van der Waals surface area contributed by atoms with Gasteiger partial charge in [-0.15, -0.1) is 0 Å². The molecule has 0 fully saturated rings. The van der Waals surface area contributed by atoms with Crippen LogP contribution in [0.1, 0.15) is 18.1 Å². The molecule has 134 valence electrons. The lowest BCUT2D eigenvalue weighted by Crippen LogP contribution is -2.39. The maximum absolute atomic E-state index is 11.9. The van der Waals surface area contributed by atoms with Crippen LogP contribution in [0.4, 0.5) is 5.69 Å². The lowest BCUT2D eigenvalue weighted by molar-refractivity contribution is -0.123. The number of carbonyl (C=O) groups is 2. The fraction of sp³-hybridized carbons (Fsp3) is 0.250.